The number of hydrogen-bond acceptors (Lipinski definition) is 10. The fraction of sp³-hybridized carbons (Fsp3) is 0. The quantitative estimate of drug-likeness (QED) is 0.119. The van der Waals surface area contributed by atoms with Gasteiger partial charge in [0.25, 0.3) is 0 Å². The van der Waals surface area contributed by atoms with E-state index in [0.717, 1.165) is 89.5 Å². The third-order valence-corrected chi connectivity index (χ3v) is 23.2. The third kappa shape index (κ3) is 11.8. The van der Waals surface area contributed by atoms with Crippen LogP contribution in [0, 0.1) is 0 Å². The highest BCUT2D eigenvalue weighted by Crippen LogP contribution is 2.48. The first-order valence-corrected chi connectivity index (χ1v) is 38.9. The van der Waals surface area contributed by atoms with Gasteiger partial charge in [0.1, 0.15) is 0 Å². The summed E-state index contributed by atoms with van der Waals surface area (Å²) in [6.45, 7) is 0. The van der Waals surface area contributed by atoms with Crippen LogP contribution >= 0.6 is 22.7 Å². The molecule has 0 radical (unpaired) electrons. The summed E-state index contributed by atoms with van der Waals surface area (Å²) in [5.41, 5.74) is 20.3. The molecule has 0 aliphatic heterocycles. The number of nitrogens with zero attached hydrogens (tertiary/aromatic N) is 10. The number of rotatable bonds is 12. The first-order chi connectivity index (χ1) is 55.5. The van der Waals surface area contributed by atoms with Gasteiger partial charge in [0.2, 0.25) is 0 Å². The van der Waals surface area contributed by atoms with Crippen molar-refractivity contribution in [2.75, 3.05) is 0 Å². The van der Waals surface area contributed by atoms with Crippen LogP contribution < -0.4 is 0 Å². The summed E-state index contributed by atoms with van der Waals surface area (Å²) in [7, 11) is 0. The Morgan fingerprint density at radius 2 is 0.562 bits per heavy atom. The first kappa shape index (κ1) is 65.7. The van der Waals surface area contributed by atoms with Gasteiger partial charge in [-0.15, -0.1) is 22.7 Å². The van der Waals surface area contributed by atoms with Gasteiger partial charge in [-0.3, -0.25) is 9.97 Å². The molecule has 14 aromatic carbocycles. The molecule has 0 amide bonds. The molecule has 22 rings (SSSR count). The summed E-state index contributed by atoms with van der Waals surface area (Å²) >= 11 is 3.64. The van der Waals surface area contributed by atoms with Crippen LogP contribution in [0.1, 0.15) is 0 Å². The van der Waals surface area contributed by atoms with Gasteiger partial charge in [-0.25, -0.2) is 29.9 Å². The predicted octanol–water partition coefficient (Wildman–Crippen LogP) is 26.1. The molecular weight excluding hydrogens is 1410 g/mol. The van der Waals surface area contributed by atoms with Crippen LogP contribution in [0.15, 0.2) is 376 Å². The molecule has 0 spiro atoms. The minimum absolute atomic E-state index is 0.572. The lowest BCUT2D eigenvalue weighted by Crippen LogP contribution is -2.02. The molecule has 0 aliphatic rings. The Kier molecular flexibility index (Phi) is 16.4. The van der Waals surface area contributed by atoms with Crippen molar-refractivity contribution in [2.45, 2.75) is 0 Å². The third-order valence-electron chi connectivity index (χ3n) is 21.0. The molecular formula is C100H62N10S2. The molecule has 0 saturated carbocycles. The van der Waals surface area contributed by atoms with Crippen LogP contribution in [0.4, 0.5) is 0 Å². The van der Waals surface area contributed by atoms with Crippen molar-refractivity contribution in [3.05, 3.63) is 376 Å². The molecule has 0 bridgehead atoms. The molecule has 0 aliphatic carbocycles. The fourth-order valence-electron chi connectivity index (χ4n) is 15.7. The summed E-state index contributed by atoms with van der Waals surface area (Å²) in [5.74, 6) is 3.60. The van der Waals surface area contributed by atoms with Gasteiger partial charge in [-0.2, -0.15) is 0 Å². The van der Waals surface area contributed by atoms with E-state index in [4.69, 9.17) is 39.9 Å². The highest BCUT2D eigenvalue weighted by molar-refractivity contribution is 7.26. The molecule has 0 atom stereocenters. The molecule has 8 heterocycles. The summed E-state index contributed by atoms with van der Waals surface area (Å²) in [6, 6.07) is 127. The number of pyridine rings is 2. The Balaban J connectivity index is 0.000000141. The Morgan fingerprint density at radius 1 is 0.196 bits per heavy atom. The van der Waals surface area contributed by atoms with Crippen molar-refractivity contribution in [1.82, 2.24) is 49.0 Å². The minimum Gasteiger partial charge on any atom is -0.309 e. The van der Waals surface area contributed by atoms with Crippen molar-refractivity contribution < 1.29 is 0 Å². The van der Waals surface area contributed by atoms with Crippen LogP contribution in [0.25, 0.3) is 208 Å². The summed E-state index contributed by atoms with van der Waals surface area (Å²) in [4.78, 5) is 41.2. The van der Waals surface area contributed by atoms with E-state index in [9.17, 15) is 0 Å². The van der Waals surface area contributed by atoms with Gasteiger partial charge >= 0.3 is 0 Å². The zero-order valence-corrected chi connectivity index (χ0v) is 61.7. The highest BCUT2D eigenvalue weighted by atomic mass is 32.1. The average molecular weight is 1470 g/mol. The van der Waals surface area contributed by atoms with Crippen LogP contribution in [-0.2, 0) is 0 Å². The second-order valence-corrected chi connectivity index (χ2v) is 29.9. The maximum Gasteiger partial charge on any atom is 0.166 e. The smallest absolute Gasteiger partial charge is 0.166 e. The standard InChI is InChI=1S/2C50H31N5S/c1-5-16-32(17-6-1)35-28-41(50-53-48(33-18-7-2-8-19-33)52-49(54-50)34-20-9-3-10-21-34)47(51-31-35)38-25-15-27-44-46(38)40-29-39-37-24-13-14-26-42(37)55(36-22-11-4-12-23-36)43(39)30-45(40)56-44;1-5-15-32(16-6-1)36-28-42(50-53-48(33-17-7-2-8-18-33)52-49(54-50)34-19-9-3-10-20-34)47(51-31-36)35-25-26-45-40(27-35)41-29-39-38-23-13-14-24-43(38)55(37-21-11-4-12-22-37)44(39)30-46(41)56-45/h2*1-31H. The van der Waals surface area contributed by atoms with Crippen LogP contribution in [0.5, 0.6) is 0 Å². The Labute approximate surface area is 652 Å². The Morgan fingerprint density at radius 3 is 1.03 bits per heavy atom. The maximum absolute atomic E-state index is 5.30. The molecule has 524 valence electrons. The Hall–Kier alpha value is -14.6. The molecule has 0 saturated heterocycles. The second kappa shape index (κ2) is 27.9. The van der Waals surface area contributed by atoms with E-state index in [1.54, 1.807) is 0 Å². The van der Waals surface area contributed by atoms with E-state index in [0.29, 0.717) is 34.9 Å². The van der Waals surface area contributed by atoms with Crippen molar-refractivity contribution in [3.63, 3.8) is 0 Å². The molecule has 0 fully saturated rings. The SMILES string of the molecule is c1ccc(-c2cnc(-c3ccc4sc5cc6c(cc5c4c3)c3ccccc3n6-c3ccccc3)c(-c3nc(-c4ccccc4)nc(-c4ccccc4)n3)c2)cc1.c1ccc(-c2cnc(-c3cccc4sc5cc6c(cc5c34)c3ccccc3n6-c3ccccc3)c(-c3nc(-c4ccccc4)nc(-c4ccccc4)n3)c2)cc1. The van der Waals surface area contributed by atoms with Crippen molar-refractivity contribution in [3.8, 4) is 124 Å². The second-order valence-electron chi connectivity index (χ2n) is 27.7. The van der Waals surface area contributed by atoms with E-state index < -0.39 is 0 Å². The van der Waals surface area contributed by atoms with Crippen LogP contribution in [0.2, 0.25) is 0 Å². The number of benzene rings is 14. The van der Waals surface area contributed by atoms with Crippen molar-refractivity contribution in [2.24, 2.45) is 0 Å². The lowest BCUT2D eigenvalue weighted by Gasteiger charge is -2.14. The fourth-order valence-corrected chi connectivity index (χ4v) is 18.0. The minimum atomic E-state index is 0.572. The monoisotopic (exact) mass is 1470 g/mol. The zero-order valence-electron chi connectivity index (χ0n) is 60.1. The molecule has 112 heavy (non-hydrogen) atoms. The number of para-hydroxylation sites is 4. The normalized spacial score (nSPS) is 11.6. The number of thiophene rings is 2. The molecule has 0 N–H and O–H groups in total. The first-order valence-electron chi connectivity index (χ1n) is 37.3. The molecule has 0 unspecified atom stereocenters. The molecule has 8 aromatic heterocycles. The average Bonchev–Trinajstić information content (AvgIpc) is 1.56. The highest BCUT2D eigenvalue weighted by Gasteiger charge is 2.25. The van der Waals surface area contributed by atoms with E-state index in [2.05, 4.69) is 240 Å². The van der Waals surface area contributed by atoms with E-state index in [1.165, 1.54) is 84.0 Å². The van der Waals surface area contributed by atoms with E-state index in [-0.39, 0.29) is 0 Å². The lowest BCUT2D eigenvalue weighted by molar-refractivity contribution is 1.07. The molecule has 22 aromatic rings. The van der Waals surface area contributed by atoms with Gasteiger partial charge < -0.3 is 9.13 Å². The number of fused-ring (bicyclic) bond motifs is 12. The topological polar surface area (TPSA) is 113 Å². The summed E-state index contributed by atoms with van der Waals surface area (Å²) in [5, 5.41) is 9.73. The lowest BCUT2D eigenvalue weighted by atomic mass is 9.96. The van der Waals surface area contributed by atoms with E-state index >= 15 is 0 Å². The van der Waals surface area contributed by atoms with E-state index in [1.807, 2.05) is 169 Å². The molecule has 10 nitrogen and oxygen atoms in total. The van der Waals surface area contributed by atoms with Gasteiger partial charge in [0.15, 0.2) is 34.9 Å². The number of hydrogen-bond donors (Lipinski definition) is 0. The van der Waals surface area contributed by atoms with Gasteiger partial charge in [-0.05, 0) is 102 Å². The van der Waals surface area contributed by atoms with Crippen molar-refractivity contribution >= 4 is 107 Å². The summed E-state index contributed by atoms with van der Waals surface area (Å²) < 4.78 is 9.66. The van der Waals surface area contributed by atoms with Crippen molar-refractivity contribution in [1.29, 1.82) is 0 Å². The maximum atomic E-state index is 5.30. The van der Waals surface area contributed by atoms with Gasteiger partial charge in [0.05, 0.1) is 33.5 Å². The largest absolute Gasteiger partial charge is 0.309 e. The number of aromatic nitrogens is 10. The van der Waals surface area contributed by atoms with Crippen LogP contribution in [0.3, 0.4) is 0 Å². The van der Waals surface area contributed by atoms with Gasteiger partial charge in [-0.1, -0.05) is 273 Å². The molecule has 12 heteroatoms. The Bertz CT molecular complexity index is 7220. The summed E-state index contributed by atoms with van der Waals surface area (Å²) in [6.07, 6.45) is 3.94. The zero-order chi connectivity index (χ0) is 74.0. The predicted molar refractivity (Wildman–Crippen MR) is 464 cm³/mol. The van der Waals surface area contributed by atoms with Crippen LogP contribution in [-0.4, -0.2) is 49.0 Å². The van der Waals surface area contributed by atoms with Gasteiger partial charge in [0, 0.05) is 141 Å².